The first-order valence-electron chi connectivity index (χ1n) is 6.23. The number of anilines is 1. The van der Waals surface area contributed by atoms with Crippen LogP contribution in [-0.2, 0) is 4.79 Å². The summed E-state index contributed by atoms with van der Waals surface area (Å²) in [4.78, 5) is 22.8. The predicted octanol–water partition coefficient (Wildman–Crippen LogP) is 1.12. The fourth-order valence-electron chi connectivity index (χ4n) is 1.95. The summed E-state index contributed by atoms with van der Waals surface area (Å²) in [6.07, 6.45) is 0.295. The SMILES string of the molecule is O=C(CC1CSCCN1)Nc1cc(C(=O)O)ccc1O. The van der Waals surface area contributed by atoms with Crippen LogP contribution in [0, 0.1) is 0 Å². The molecule has 1 amide bonds. The molecule has 1 aromatic carbocycles. The highest BCUT2D eigenvalue weighted by Crippen LogP contribution is 2.24. The molecule has 1 aromatic rings. The molecule has 1 fully saturated rings. The van der Waals surface area contributed by atoms with Gasteiger partial charge in [0.2, 0.25) is 5.91 Å². The van der Waals surface area contributed by atoms with Crippen molar-refractivity contribution < 1.29 is 19.8 Å². The number of carbonyl (C=O) groups is 2. The summed E-state index contributed by atoms with van der Waals surface area (Å²) >= 11 is 1.79. The normalized spacial score (nSPS) is 18.5. The molecule has 0 aliphatic carbocycles. The van der Waals surface area contributed by atoms with Crippen molar-refractivity contribution in [2.24, 2.45) is 0 Å². The molecule has 4 N–H and O–H groups in total. The first-order chi connectivity index (χ1) is 9.56. The van der Waals surface area contributed by atoms with Gasteiger partial charge in [-0.1, -0.05) is 0 Å². The average Bonchev–Trinajstić information content (AvgIpc) is 2.42. The van der Waals surface area contributed by atoms with Gasteiger partial charge in [0, 0.05) is 30.5 Å². The molecule has 108 valence electrons. The number of aromatic hydroxyl groups is 1. The van der Waals surface area contributed by atoms with Gasteiger partial charge in [0.25, 0.3) is 0 Å². The zero-order valence-electron chi connectivity index (χ0n) is 10.8. The summed E-state index contributed by atoms with van der Waals surface area (Å²) in [7, 11) is 0. The maximum atomic E-state index is 11.9. The van der Waals surface area contributed by atoms with Crippen LogP contribution in [0.5, 0.6) is 5.75 Å². The van der Waals surface area contributed by atoms with Crippen LogP contribution in [-0.4, -0.2) is 46.2 Å². The number of benzene rings is 1. The quantitative estimate of drug-likeness (QED) is 0.622. The van der Waals surface area contributed by atoms with Crippen LogP contribution < -0.4 is 10.6 Å². The van der Waals surface area contributed by atoms with Crippen molar-refractivity contribution in [2.75, 3.05) is 23.4 Å². The molecule has 20 heavy (non-hydrogen) atoms. The molecule has 0 radical (unpaired) electrons. The van der Waals surface area contributed by atoms with Crippen LogP contribution in [0.1, 0.15) is 16.8 Å². The molecule has 6 nitrogen and oxygen atoms in total. The molecule has 1 saturated heterocycles. The van der Waals surface area contributed by atoms with Crippen LogP contribution >= 0.6 is 11.8 Å². The molecule has 1 aliphatic heterocycles. The van der Waals surface area contributed by atoms with Gasteiger partial charge in [-0.25, -0.2) is 4.79 Å². The lowest BCUT2D eigenvalue weighted by Gasteiger charge is -2.22. The zero-order valence-corrected chi connectivity index (χ0v) is 11.6. The van der Waals surface area contributed by atoms with E-state index in [1.54, 1.807) is 11.8 Å². The van der Waals surface area contributed by atoms with Crippen LogP contribution in [0.4, 0.5) is 5.69 Å². The van der Waals surface area contributed by atoms with E-state index < -0.39 is 5.97 Å². The molecule has 0 saturated carbocycles. The number of hydrogen-bond acceptors (Lipinski definition) is 5. The molecule has 2 rings (SSSR count). The average molecular weight is 296 g/mol. The Kier molecular flexibility index (Phi) is 4.86. The molecule has 1 aliphatic rings. The minimum Gasteiger partial charge on any atom is -0.506 e. The summed E-state index contributed by atoms with van der Waals surface area (Å²) in [6.45, 7) is 0.877. The van der Waals surface area contributed by atoms with Gasteiger partial charge in [-0.3, -0.25) is 4.79 Å². The Morgan fingerprint density at radius 3 is 2.90 bits per heavy atom. The van der Waals surface area contributed by atoms with Gasteiger partial charge in [-0.05, 0) is 18.2 Å². The third-order valence-corrected chi connectivity index (χ3v) is 4.08. The van der Waals surface area contributed by atoms with Gasteiger partial charge >= 0.3 is 5.97 Å². The lowest BCUT2D eigenvalue weighted by molar-refractivity contribution is -0.116. The molecule has 0 bridgehead atoms. The molecule has 1 heterocycles. The van der Waals surface area contributed by atoms with Gasteiger partial charge < -0.3 is 20.8 Å². The number of rotatable bonds is 4. The van der Waals surface area contributed by atoms with Gasteiger partial charge in [0.05, 0.1) is 11.3 Å². The number of nitrogens with one attached hydrogen (secondary N) is 2. The third-order valence-electron chi connectivity index (χ3n) is 2.95. The second kappa shape index (κ2) is 6.62. The number of carboxylic acids is 1. The van der Waals surface area contributed by atoms with Gasteiger partial charge in [-0.15, -0.1) is 0 Å². The molecule has 0 spiro atoms. The van der Waals surface area contributed by atoms with Crippen LogP contribution in [0.15, 0.2) is 18.2 Å². The molecular weight excluding hydrogens is 280 g/mol. The zero-order chi connectivity index (χ0) is 14.5. The van der Waals surface area contributed by atoms with Gasteiger partial charge in [0.15, 0.2) is 0 Å². The Hall–Kier alpha value is -1.73. The van der Waals surface area contributed by atoms with E-state index >= 15 is 0 Å². The summed E-state index contributed by atoms with van der Waals surface area (Å²) in [6, 6.07) is 3.90. The molecule has 1 atom stereocenters. The van der Waals surface area contributed by atoms with E-state index in [4.69, 9.17) is 5.11 Å². The molecular formula is C13H16N2O4S. The first-order valence-corrected chi connectivity index (χ1v) is 7.39. The summed E-state index contributed by atoms with van der Waals surface area (Å²) < 4.78 is 0. The summed E-state index contributed by atoms with van der Waals surface area (Å²) in [5.41, 5.74) is 0.141. The van der Waals surface area contributed by atoms with Crippen LogP contribution in [0.2, 0.25) is 0 Å². The maximum Gasteiger partial charge on any atom is 0.335 e. The molecule has 7 heteroatoms. The van der Waals surface area contributed by atoms with E-state index in [1.807, 2.05) is 0 Å². The lowest BCUT2D eigenvalue weighted by atomic mass is 10.1. The fourth-order valence-corrected chi connectivity index (χ4v) is 2.89. The van der Waals surface area contributed by atoms with Crippen molar-refractivity contribution in [1.29, 1.82) is 0 Å². The van der Waals surface area contributed by atoms with Gasteiger partial charge in [0.1, 0.15) is 5.75 Å². The topological polar surface area (TPSA) is 98.7 Å². The van der Waals surface area contributed by atoms with Crippen molar-refractivity contribution >= 4 is 29.3 Å². The van der Waals surface area contributed by atoms with E-state index in [0.717, 1.165) is 18.1 Å². The highest BCUT2D eigenvalue weighted by Gasteiger charge is 2.18. The maximum absolute atomic E-state index is 11.9. The Morgan fingerprint density at radius 1 is 1.45 bits per heavy atom. The molecule has 1 unspecified atom stereocenters. The van der Waals surface area contributed by atoms with E-state index in [2.05, 4.69) is 10.6 Å². The second-order valence-electron chi connectivity index (χ2n) is 4.52. The number of carbonyl (C=O) groups excluding carboxylic acids is 1. The van der Waals surface area contributed by atoms with Crippen molar-refractivity contribution in [3.05, 3.63) is 23.8 Å². The number of hydrogen-bond donors (Lipinski definition) is 4. The summed E-state index contributed by atoms with van der Waals surface area (Å²) in [5, 5.41) is 24.3. The van der Waals surface area contributed by atoms with Crippen molar-refractivity contribution in [2.45, 2.75) is 12.5 Å². The minimum atomic E-state index is -1.11. The smallest absolute Gasteiger partial charge is 0.335 e. The standard InChI is InChI=1S/C13H16N2O4S/c16-11-2-1-8(13(18)19)5-10(11)15-12(17)6-9-7-20-4-3-14-9/h1-2,5,9,14,16H,3-4,6-7H2,(H,15,17)(H,18,19). The minimum absolute atomic E-state index is 0.0180. The Morgan fingerprint density at radius 2 is 2.25 bits per heavy atom. The number of thioether (sulfide) groups is 1. The Labute approximate surface area is 120 Å². The van der Waals surface area contributed by atoms with E-state index in [-0.39, 0.29) is 28.9 Å². The number of carboxylic acid groups (broad SMARTS) is 1. The van der Waals surface area contributed by atoms with Crippen LogP contribution in [0.25, 0.3) is 0 Å². The van der Waals surface area contributed by atoms with E-state index in [9.17, 15) is 14.7 Å². The highest BCUT2D eigenvalue weighted by molar-refractivity contribution is 7.99. The van der Waals surface area contributed by atoms with Crippen molar-refractivity contribution in [3.63, 3.8) is 0 Å². The lowest BCUT2D eigenvalue weighted by Crippen LogP contribution is -2.39. The monoisotopic (exact) mass is 296 g/mol. The van der Waals surface area contributed by atoms with Crippen molar-refractivity contribution in [1.82, 2.24) is 5.32 Å². The Bertz CT molecular complexity index is 515. The number of amides is 1. The number of phenols is 1. The summed E-state index contributed by atoms with van der Waals surface area (Å²) in [5.74, 6) is 0.414. The van der Waals surface area contributed by atoms with Crippen LogP contribution in [0.3, 0.4) is 0 Å². The highest BCUT2D eigenvalue weighted by atomic mass is 32.2. The molecule has 0 aromatic heterocycles. The third kappa shape index (κ3) is 3.88. The number of aromatic carboxylic acids is 1. The van der Waals surface area contributed by atoms with Crippen molar-refractivity contribution in [3.8, 4) is 5.75 Å². The Balaban J connectivity index is 1.99. The first kappa shape index (κ1) is 14.7. The predicted molar refractivity (Wildman–Crippen MR) is 77.4 cm³/mol. The van der Waals surface area contributed by atoms with E-state index in [1.165, 1.54) is 18.2 Å². The van der Waals surface area contributed by atoms with E-state index in [0.29, 0.717) is 6.42 Å². The second-order valence-corrected chi connectivity index (χ2v) is 5.67. The van der Waals surface area contributed by atoms with Gasteiger partial charge in [-0.2, -0.15) is 11.8 Å². The largest absolute Gasteiger partial charge is 0.506 e. The fraction of sp³-hybridized carbons (Fsp3) is 0.385. The number of phenolic OH excluding ortho intramolecular Hbond substituents is 1.